The van der Waals surface area contributed by atoms with Crippen LogP contribution in [0.25, 0.3) is 0 Å². The van der Waals surface area contributed by atoms with Crippen molar-refractivity contribution in [3.63, 3.8) is 0 Å². The molecule has 126 valence electrons. The van der Waals surface area contributed by atoms with Crippen molar-refractivity contribution < 1.29 is 19.2 Å². The van der Waals surface area contributed by atoms with E-state index in [1.165, 1.54) is 40.9 Å². The van der Waals surface area contributed by atoms with Gasteiger partial charge in [0.05, 0.1) is 4.92 Å². The second kappa shape index (κ2) is 6.25. The number of nitro benzene ring substituents is 1. The highest BCUT2D eigenvalue weighted by Crippen LogP contribution is 2.39. The zero-order valence-electron chi connectivity index (χ0n) is 12.8. The standard InChI is InChI=1S/C15H15N3O5S/c1-8-7-24-14-11(16)13(19)17(14)12(8)15(20)23-6-9-2-4-10(5-3-9)18(21)22/h2-5,11,14H,6-7,16H2,1H3/t11-,14-/m0/s1. The topological polar surface area (TPSA) is 116 Å². The van der Waals surface area contributed by atoms with E-state index in [4.69, 9.17) is 10.5 Å². The SMILES string of the molecule is CC1=C(C(=O)OCc2ccc([N+](=O)[O-])cc2)N2C(=O)[C@H](N)[C@@H]2SC1. The highest BCUT2D eigenvalue weighted by molar-refractivity contribution is 8.00. The van der Waals surface area contributed by atoms with Crippen molar-refractivity contribution in [3.8, 4) is 0 Å². The molecule has 2 atom stereocenters. The third kappa shape index (κ3) is 2.76. The van der Waals surface area contributed by atoms with E-state index in [2.05, 4.69) is 0 Å². The van der Waals surface area contributed by atoms with E-state index in [0.29, 0.717) is 11.3 Å². The predicted octanol–water partition coefficient (Wildman–Crippen LogP) is 1.15. The number of thioether (sulfide) groups is 1. The van der Waals surface area contributed by atoms with E-state index < -0.39 is 16.9 Å². The van der Waals surface area contributed by atoms with Crippen LogP contribution in [-0.4, -0.2) is 38.9 Å². The van der Waals surface area contributed by atoms with Crippen LogP contribution in [0.4, 0.5) is 5.69 Å². The second-order valence-electron chi connectivity index (χ2n) is 5.56. The van der Waals surface area contributed by atoms with E-state index in [1.54, 1.807) is 6.92 Å². The summed E-state index contributed by atoms with van der Waals surface area (Å²) in [6.07, 6.45) is 0. The molecule has 2 aliphatic rings. The van der Waals surface area contributed by atoms with Crippen molar-refractivity contribution in [1.29, 1.82) is 0 Å². The Bertz CT molecular complexity index is 746. The van der Waals surface area contributed by atoms with Gasteiger partial charge in [0.15, 0.2) is 0 Å². The normalized spacial score (nSPS) is 22.8. The molecule has 2 heterocycles. The van der Waals surface area contributed by atoms with Gasteiger partial charge in [0, 0.05) is 17.9 Å². The number of carbonyl (C=O) groups excluding carboxylic acids is 2. The molecule has 24 heavy (non-hydrogen) atoms. The molecule has 0 spiro atoms. The summed E-state index contributed by atoms with van der Waals surface area (Å²) in [5, 5.41) is 10.4. The van der Waals surface area contributed by atoms with Crippen LogP contribution >= 0.6 is 11.8 Å². The summed E-state index contributed by atoms with van der Waals surface area (Å²) in [6.45, 7) is 1.75. The Hall–Kier alpha value is -2.39. The molecule has 0 bridgehead atoms. The van der Waals surface area contributed by atoms with Crippen LogP contribution in [0.2, 0.25) is 0 Å². The number of nitro groups is 1. The molecule has 0 aliphatic carbocycles. The maximum absolute atomic E-state index is 12.4. The number of benzene rings is 1. The molecule has 1 fully saturated rings. The molecule has 1 amide bonds. The highest BCUT2D eigenvalue weighted by Gasteiger charge is 2.51. The van der Waals surface area contributed by atoms with Gasteiger partial charge in [0.25, 0.3) is 5.69 Å². The minimum atomic E-state index is -0.587. The van der Waals surface area contributed by atoms with Crippen LogP contribution in [0.15, 0.2) is 35.5 Å². The van der Waals surface area contributed by atoms with Crippen LogP contribution in [-0.2, 0) is 20.9 Å². The molecule has 1 aromatic carbocycles. The van der Waals surface area contributed by atoms with E-state index in [9.17, 15) is 19.7 Å². The highest BCUT2D eigenvalue weighted by atomic mass is 32.2. The van der Waals surface area contributed by atoms with E-state index in [-0.39, 0.29) is 29.3 Å². The van der Waals surface area contributed by atoms with Crippen molar-refractivity contribution in [2.45, 2.75) is 24.9 Å². The molecule has 0 aromatic heterocycles. The Labute approximate surface area is 141 Å². The van der Waals surface area contributed by atoms with Crippen molar-refractivity contribution in [3.05, 3.63) is 51.2 Å². The van der Waals surface area contributed by atoms with Crippen LogP contribution in [0.5, 0.6) is 0 Å². The lowest BCUT2D eigenvalue weighted by Crippen LogP contribution is -2.68. The first-order chi connectivity index (χ1) is 11.4. The number of esters is 1. The molecule has 3 rings (SSSR count). The Morgan fingerprint density at radius 2 is 2.12 bits per heavy atom. The smallest absolute Gasteiger partial charge is 0.355 e. The first kappa shape index (κ1) is 16.5. The molecule has 2 N–H and O–H groups in total. The van der Waals surface area contributed by atoms with Crippen molar-refractivity contribution in [2.75, 3.05) is 5.75 Å². The number of fused-ring (bicyclic) bond motifs is 1. The quantitative estimate of drug-likeness (QED) is 0.375. The van der Waals surface area contributed by atoms with Gasteiger partial charge in [-0.15, -0.1) is 11.8 Å². The number of ether oxygens (including phenoxy) is 1. The largest absolute Gasteiger partial charge is 0.456 e. The number of rotatable bonds is 4. The minimum Gasteiger partial charge on any atom is -0.456 e. The van der Waals surface area contributed by atoms with Crippen LogP contribution < -0.4 is 5.73 Å². The Morgan fingerprint density at radius 3 is 2.75 bits per heavy atom. The van der Waals surface area contributed by atoms with Crippen molar-refractivity contribution >= 4 is 29.3 Å². The monoisotopic (exact) mass is 349 g/mol. The Morgan fingerprint density at radius 1 is 1.46 bits per heavy atom. The fraction of sp³-hybridized carbons (Fsp3) is 0.333. The molecule has 9 heteroatoms. The van der Waals surface area contributed by atoms with E-state index in [0.717, 1.165) is 5.57 Å². The molecule has 2 aliphatic heterocycles. The van der Waals surface area contributed by atoms with Crippen LogP contribution in [0.1, 0.15) is 12.5 Å². The third-order valence-corrected chi connectivity index (χ3v) is 5.36. The predicted molar refractivity (Wildman–Crippen MR) is 86.7 cm³/mol. The van der Waals surface area contributed by atoms with Crippen molar-refractivity contribution in [2.24, 2.45) is 5.73 Å². The third-order valence-electron chi connectivity index (χ3n) is 3.91. The van der Waals surface area contributed by atoms with Gasteiger partial charge < -0.3 is 10.5 Å². The molecule has 8 nitrogen and oxygen atoms in total. The summed E-state index contributed by atoms with van der Waals surface area (Å²) < 4.78 is 5.26. The molecule has 0 unspecified atom stereocenters. The number of non-ortho nitro benzene ring substituents is 1. The molecular weight excluding hydrogens is 334 g/mol. The lowest BCUT2D eigenvalue weighted by molar-refractivity contribution is -0.384. The van der Waals surface area contributed by atoms with Crippen molar-refractivity contribution in [1.82, 2.24) is 4.90 Å². The lowest BCUT2D eigenvalue weighted by atomic mass is 10.0. The van der Waals surface area contributed by atoms with Crippen LogP contribution in [0.3, 0.4) is 0 Å². The summed E-state index contributed by atoms with van der Waals surface area (Å²) in [6, 6.07) is 5.16. The first-order valence-electron chi connectivity index (χ1n) is 7.20. The summed E-state index contributed by atoms with van der Waals surface area (Å²) in [7, 11) is 0. The van der Waals surface area contributed by atoms with Gasteiger partial charge in [-0.3, -0.25) is 19.8 Å². The fourth-order valence-electron chi connectivity index (χ4n) is 2.59. The average molecular weight is 349 g/mol. The van der Waals surface area contributed by atoms with Gasteiger partial charge >= 0.3 is 5.97 Å². The number of amides is 1. The van der Waals surface area contributed by atoms with Gasteiger partial charge in [-0.05, 0) is 30.2 Å². The number of β-lactam (4-membered cyclic amide) rings is 1. The summed E-state index contributed by atoms with van der Waals surface area (Å²) in [4.78, 5) is 35.8. The zero-order chi connectivity index (χ0) is 17.4. The number of nitrogens with two attached hydrogens (primary N) is 1. The molecule has 0 saturated carbocycles. The summed E-state index contributed by atoms with van der Waals surface area (Å²) in [5.74, 6) is -0.255. The minimum absolute atomic E-state index is 0.0283. The maximum atomic E-state index is 12.4. The van der Waals surface area contributed by atoms with E-state index >= 15 is 0 Å². The van der Waals surface area contributed by atoms with Crippen LogP contribution in [0, 0.1) is 10.1 Å². The summed E-state index contributed by atoms with van der Waals surface area (Å²) >= 11 is 1.52. The second-order valence-corrected chi connectivity index (χ2v) is 6.67. The molecule has 1 saturated heterocycles. The summed E-state index contributed by atoms with van der Waals surface area (Å²) in [5.41, 5.74) is 7.37. The Kier molecular flexibility index (Phi) is 4.29. The molecule has 1 aromatic rings. The molecular formula is C15H15N3O5S. The van der Waals surface area contributed by atoms with Gasteiger partial charge in [-0.2, -0.15) is 0 Å². The maximum Gasteiger partial charge on any atom is 0.355 e. The number of nitrogens with zero attached hydrogens (tertiary/aromatic N) is 2. The lowest BCUT2D eigenvalue weighted by Gasteiger charge is -2.48. The zero-order valence-corrected chi connectivity index (χ0v) is 13.6. The number of hydrogen-bond donors (Lipinski definition) is 1. The first-order valence-corrected chi connectivity index (χ1v) is 8.25. The van der Waals surface area contributed by atoms with Gasteiger partial charge in [0.2, 0.25) is 5.91 Å². The Balaban J connectivity index is 1.68. The number of carbonyl (C=O) groups is 2. The van der Waals surface area contributed by atoms with E-state index in [1.807, 2.05) is 0 Å². The van der Waals surface area contributed by atoms with Gasteiger partial charge in [-0.1, -0.05) is 0 Å². The fourth-order valence-corrected chi connectivity index (χ4v) is 3.83. The van der Waals surface area contributed by atoms with Gasteiger partial charge in [-0.25, -0.2) is 4.79 Å². The number of hydrogen-bond acceptors (Lipinski definition) is 7. The average Bonchev–Trinajstić information content (AvgIpc) is 2.59. The molecule has 0 radical (unpaired) electrons. The van der Waals surface area contributed by atoms with Gasteiger partial charge in [0.1, 0.15) is 23.7 Å².